The number of carbonyl (C=O) groups is 1. The predicted octanol–water partition coefficient (Wildman–Crippen LogP) is 1.68. The van der Waals surface area contributed by atoms with Crippen LogP contribution < -0.4 is 15.8 Å². The van der Waals surface area contributed by atoms with Crippen LogP contribution in [0.3, 0.4) is 0 Å². The van der Waals surface area contributed by atoms with Crippen LogP contribution in [0.2, 0.25) is 0 Å². The topological polar surface area (TPSA) is 64.3 Å². The lowest BCUT2D eigenvalue weighted by Gasteiger charge is -2.16. The van der Waals surface area contributed by atoms with Gasteiger partial charge in [0.25, 0.3) is 5.91 Å². The lowest BCUT2D eigenvalue weighted by atomic mass is 10.1. The molecule has 1 aromatic rings. The number of hydrogen-bond donors (Lipinski definition) is 2. The highest BCUT2D eigenvalue weighted by molar-refractivity contribution is 5.81. The van der Waals surface area contributed by atoms with E-state index in [4.69, 9.17) is 10.5 Å². The number of ether oxygens (including phenoxy) is 1. The lowest BCUT2D eigenvalue weighted by molar-refractivity contribution is -0.127. The average Bonchev–Trinajstić information content (AvgIpc) is 2.65. The Morgan fingerprint density at radius 1 is 1.26 bits per heavy atom. The van der Waals surface area contributed by atoms with Gasteiger partial charge in [0.2, 0.25) is 0 Å². The molecule has 1 unspecified atom stereocenters. The average molecular weight is 260 g/mol. The summed E-state index contributed by atoms with van der Waals surface area (Å²) in [6, 6.07) is 6.17. The first kappa shape index (κ1) is 12.5. The largest absolute Gasteiger partial charge is 0.481 e. The van der Waals surface area contributed by atoms with Crippen molar-refractivity contribution in [3.63, 3.8) is 0 Å². The molecule has 0 aromatic heterocycles. The van der Waals surface area contributed by atoms with Gasteiger partial charge in [0.15, 0.2) is 6.10 Å². The Morgan fingerprint density at radius 2 is 2.16 bits per heavy atom. The minimum Gasteiger partial charge on any atom is -0.481 e. The molecule has 19 heavy (non-hydrogen) atoms. The third-order valence-corrected chi connectivity index (χ3v) is 4.00. The van der Waals surface area contributed by atoms with Crippen LogP contribution in [0.15, 0.2) is 18.2 Å². The zero-order chi connectivity index (χ0) is 13.2. The van der Waals surface area contributed by atoms with Crippen molar-refractivity contribution in [3.8, 4) is 5.75 Å². The molecule has 1 saturated heterocycles. The minimum absolute atomic E-state index is 0.00898. The minimum atomic E-state index is -0.351. The van der Waals surface area contributed by atoms with Gasteiger partial charge >= 0.3 is 0 Å². The molecular weight excluding hydrogens is 240 g/mol. The van der Waals surface area contributed by atoms with Crippen LogP contribution in [0, 0.1) is 0 Å². The molecule has 1 amide bonds. The van der Waals surface area contributed by atoms with Gasteiger partial charge in [-0.05, 0) is 55.4 Å². The van der Waals surface area contributed by atoms with E-state index >= 15 is 0 Å². The van der Waals surface area contributed by atoms with Crippen LogP contribution in [-0.2, 0) is 11.2 Å². The Morgan fingerprint density at radius 3 is 3.05 bits per heavy atom. The van der Waals surface area contributed by atoms with Gasteiger partial charge < -0.3 is 15.8 Å². The van der Waals surface area contributed by atoms with Crippen molar-refractivity contribution in [2.45, 2.75) is 44.2 Å². The summed E-state index contributed by atoms with van der Waals surface area (Å²) in [5.74, 6) is 0.796. The molecule has 4 heteroatoms. The summed E-state index contributed by atoms with van der Waals surface area (Å²) in [6.45, 7) is 0.762. The zero-order valence-electron chi connectivity index (χ0n) is 11.0. The first-order valence-electron chi connectivity index (χ1n) is 7.07. The predicted molar refractivity (Wildman–Crippen MR) is 73.0 cm³/mol. The number of aryl methyl sites for hydroxylation is 1. The Bertz CT molecular complexity index is 487. The van der Waals surface area contributed by atoms with Crippen molar-refractivity contribution in [2.24, 2.45) is 5.73 Å². The Hall–Kier alpha value is -1.55. The molecule has 3 rings (SSSR count). The fourth-order valence-corrected chi connectivity index (χ4v) is 2.89. The summed E-state index contributed by atoms with van der Waals surface area (Å²) >= 11 is 0. The van der Waals surface area contributed by atoms with Gasteiger partial charge in [0.05, 0.1) is 0 Å². The Kier molecular flexibility index (Phi) is 3.42. The fourth-order valence-electron chi connectivity index (χ4n) is 2.89. The van der Waals surface area contributed by atoms with E-state index in [1.807, 2.05) is 18.2 Å². The highest BCUT2D eigenvalue weighted by Crippen LogP contribution is 2.32. The van der Waals surface area contributed by atoms with E-state index in [1.54, 1.807) is 0 Å². The molecule has 3 N–H and O–H groups in total. The fraction of sp³-hybridized carbons (Fsp3) is 0.533. The van der Waals surface area contributed by atoms with E-state index in [0.29, 0.717) is 0 Å². The second kappa shape index (κ2) is 5.21. The molecule has 1 aromatic carbocycles. The van der Waals surface area contributed by atoms with Crippen LogP contribution >= 0.6 is 0 Å². The maximum Gasteiger partial charge on any atom is 0.261 e. The van der Waals surface area contributed by atoms with Crippen LogP contribution in [0.25, 0.3) is 0 Å². The molecule has 2 atom stereocenters. The van der Waals surface area contributed by atoms with Crippen molar-refractivity contribution in [3.05, 3.63) is 29.3 Å². The van der Waals surface area contributed by atoms with E-state index in [0.717, 1.165) is 44.4 Å². The SMILES string of the molecule is N[C@H]1CCc2cc(OC3CCCCNC3=O)ccc21. The van der Waals surface area contributed by atoms with Gasteiger partial charge in [-0.3, -0.25) is 4.79 Å². The van der Waals surface area contributed by atoms with Crippen LogP contribution in [0.1, 0.15) is 42.9 Å². The summed E-state index contributed by atoms with van der Waals surface area (Å²) in [5.41, 5.74) is 8.50. The van der Waals surface area contributed by atoms with E-state index in [1.165, 1.54) is 11.1 Å². The maximum absolute atomic E-state index is 11.8. The smallest absolute Gasteiger partial charge is 0.261 e. The number of nitrogens with two attached hydrogens (primary N) is 1. The summed E-state index contributed by atoms with van der Waals surface area (Å²) < 4.78 is 5.86. The summed E-state index contributed by atoms with van der Waals surface area (Å²) in [6.07, 6.45) is 4.51. The maximum atomic E-state index is 11.8. The van der Waals surface area contributed by atoms with Gasteiger partial charge in [-0.1, -0.05) is 6.07 Å². The first-order chi connectivity index (χ1) is 9.24. The molecule has 1 heterocycles. The molecule has 1 fully saturated rings. The molecule has 4 nitrogen and oxygen atoms in total. The van der Waals surface area contributed by atoms with E-state index in [9.17, 15) is 4.79 Å². The zero-order valence-corrected chi connectivity index (χ0v) is 11.0. The Balaban J connectivity index is 1.74. The summed E-state index contributed by atoms with van der Waals surface area (Å²) in [7, 11) is 0. The number of benzene rings is 1. The molecule has 0 bridgehead atoms. The number of rotatable bonds is 2. The van der Waals surface area contributed by atoms with Gasteiger partial charge in [-0.2, -0.15) is 0 Å². The molecule has 102 valence electrons. The van der Waals surface area contributed by atoms with Crippen LogP contribution in [0.4, 0.5) is 0 Å². The van der Waals surface area contributed by atoms with Gasteiger partial charge in [-0.15, -0.1) is 0 Å². The van der Waals surface area contributed by atoms with Gasteiger partial charge in [0.1, 0.15) is 5.75 Å². The molecule has 1 aliphatic heterocycles. The normalized spacial score (nSPS) is 26.5. The molecule has 0 spiro atoms. The highest BCUT2D eigenvalue weighted by atomic mass is 16.5. The standard InChI is InChI=1S/C15H20N2O2/c16-13-7-4-10-9-11(5-6-12(10)13)19-14-3-1-2-8-17-15(14)18/h5-6,9,13-14H,1-4,7-8,16H2,(H,17,18)/t13-,14?/m0/s1. The molecule has 1 aliphatic carbocycles. The van der Waals surface area contributed by atoms with Crippen molar-refractivity contribution in [2.75, 3.05) is 6.54 Å². The van der Waals surface area contributed by atoms with E-state index in [-0.39, 0.29) is 18.1 Å². The van der Waals surface area contributed by atoms with Crippen molar-refractivity contribution in [1.29, 1.82) is 0 Å². The van der Waals surface area contributed by atoms with Crippen LogP contribution in [-0.4, -0.2) is 18.6 Å². The summed E-state index contributed by atoms with van der Waals surface area (Å²) in [4.78, 5) is 11.8. The number of hydrogen-bond acceptors (Lipinski definition) is 3. The second-order valence-corrected chi connectivity index (χ2v) is 5.40. The third kappa shape index (κ3) is 2.59. The number of nitrogens with one attached hydrogen (secondary N) is 1. The lowest BCUT2D eigenvalue weighted by Crippen LogP contribution is -2.36. The molecule has 0 radical (unpaired) electrons. The molecule has 2 aliphatic rings. The Labute approximate surface area is 113 Å². The summed E-state index contributed by atoms with van der Waals surface area (Å²) in [5, 5.41) is 2.89. The molecule has 0 saturated carbocycles. The van der Waals surface area contributed by atoms with Gasteiger partial charge in [-0.25, -0.2) is 0 Å². The van der Waals surface area contributed by atoms with Crippen molar-refractivity contribution in [1.82, 2.24) is 5.32 Å². The monoisotopic (exact) mass is 260 g/mol. The van der Waals surface area contributed by atoms with E-state index in [2.05, 4.69) is 5.32 Å². The van der Waals surface area contributed by atoms with Gasteiger partial charge in [0, 0.05) is 12.6 Å². The van der Waals surface area contributed by atoms with Crippen LogP contribution in [0.5, 0.6) is 5.75 Å². The third-order valence-electron chi connectivity index (χ3n) is 4.00. The highest BCUT2D eigenvalue weighted by Gasteiger charge is 2.24. The number of fused-ring (bicyclic) bond motifs is 1. The van der Waals surface area contributed by atoms with Crippen molar-refractivity contribution < 1.29 is 9.53 Å². The first-order valence-corrected chi connectivity index (χ1v) is 7.07. The quantitative estimate of drug-likeness (QED) is 0.850. The number of carbonyl (C=O) groups excluding carboxylic acids is 1. The van der Waals surface area contributed by atoms with Crippen molar-refractivity contribution >= 4 is 5.91 Å². The second-order valence-electron chi connectivity index (χ2n) is 5.40. The van der Waals surface area contributed by atoms with E-state index < -0.39 is 0 Å². The molecular formula is C15H20N2O2. The number of amides is 1.